The number of ketones is 1. The van der Waals surface area contributed by atoms with Gasteiger partial charge in [0.1, 0.15) is 98.9 Å². The number of hydrogen-bond acceptors (Lipinski definition) is 27. The van der Waals surface area contributed by atoms with E-state index in [4.69, 9.17) is 66.4 Å². The summed E-state index contributed by atoms with van der Waals surface area (Å²) in [6.07, 6.45) is -5.56. The van der Waals surface area contributed by atoms with Crippen LogP contribution in [0.4, 0.5) is 0 Å². The predicted molar refractivity (Wildman–Crippen MR) is 433 cm³/mol. The first-order valence-corrected chi connectivity index (χ1v) is 43.1. The number of benzene rings is 1. The molecular formula is C82H78N8O27P3Si+3. The minimum absolute atomic E-state index is 0.00842. The number of aromatic nitrogens is 8. The lowest BCUT2D eigenvalue weighted by molar-refractivity contribution is -0.156. The fourth-order valence-electron chi connectivity index (χ4n) is 11.9. The summed E-state index contributed by atoms with van der Waals surface area (Å²) in [5, 5.41) is -0.607. The topological polar surface area (TPSA) is 431 Å². The highest BCUT2D eigenvalue weighted by Gasteiger charge is 2.56. The number of hydrogen-bond donors (Lipinski definition) is 3. The van der Waals surface area contributed by atoms with Gasteiger partial charge in [0, 0.05) is 164 Å². The summed E-state index contributed by atoms with van der Waals surface area (Å²) in [5.74, 6) is 46.5. The highest BCUT2D eigenvalue weighted by molar-refractivity contribution is 7.33. The summed E-state index contributed by atoms with van der Waals surface area (Å²) in [6, 6.07) is 3.59. The van der Waals surface area contributed by atoms with Crippen molar-refractivity contribution in [3.8, 4) is 137 Å². The van der Waals surface area contributed by atoms with Gasteiger partial charge in [-0.1, -0.05) is 27.7 Å². The fraction of sp³-hybridized carbons (Fsp3) is 0.427. The Bertz CT molecular complexity index is 6240. The van der Waals surface area contributed by atoms with Crippen LogP contribution in [0.5, 0.6) is 5.75 Å². The largest absolute Gasteiger partial charge is 0.697 e. The Morgan fingerprint density at radius 1 is 0.537 bits per heavy atom. The number of Topliss-reactive ketones (excluding diaryl/α,β-unsaturated/α-hetero) is 1. The third kappa shape index (κ3) is 25.0. The monoisotopic (exact) mass is 1730 g/mol. The van der Waals surface area contributed by atoms with E-state index < -0.39 is 201 Å². The lowest BCUT2D eigenvalue weighted by atomic mass is 10.0. The fourth-order valence-corrected chi connectivity index (χ4v) is 15.5. The highest BCUT2D eigenvalue weighted by Crippen LogP contribution is 2.46. The second-order valence-electron chi connectivity index (χ2n) is 28.6. The smallest absolute Gasteiger partial charge is 0.457 e. The van der Waals surface area contributed by atoms with E-state index in [9.17, 15) is 61.6 Å². The van der Waals surface area contributed by atoms with E-state index >= 15 is 4.79 Å². The second kappa shape index (κ2) is 42.6. The number of carbonyl (C=O) groups excluding carboxylic acids is 3. The van der Waals surface area contributed by atoms with E-state index in [1.165, 1.54) is 63.0 Å². The molecule has 39 heteroatoms. The van der Waals surface area contributed by atoms with E-state index in [2.05, 4.69) is 139 Å². The number of ether oxygens (including phenoxy) is 6. The molecule has 624 valence electrons. The van der Waals surface area contributed by atoms with Crippen LogP contribution in [-0.2, 0) is 78.5 Å². The van der Waals surface area contributed by atoms with Crippen molar-refractivity contribution in [2.75, 3.05) is 19.8 Å². The van der Waals surface area contributed by atoms with Crippen LogP contribution in [0.25, 0.3) is 0 Å². The van der Waals surface area contributed by atoms with Crippen molar-refractivity contribution in [2.24, 2.45) is 0 Å². The van der Waals surface area contributed by atoms with Crippen molar-refractivity contribution in [3.63, 3.8) is 0 Å². The molecular weight excluding hydrogens is 1650 g/mol. The van der Waals surface area contributed by atoms with Crippen LogP contribution in [0, 0.1) is 166 Å². The summed E-state index contributed by atoms with van der Waals surface area (Å²) in [4.78, 5) is 153. The zero-order valence-electron chi connectivity index (χ0n) is 67.1. The molecule has 4 saturated heterocycles. The van der Waals surface area contributed by atoms with E-state index in [1.54, 1.807) is 20.8 Å². The maximum Gasteiger partial charge on any atom is 0.697 e. The van der Waals surface area contributed by atoms with E-state index in [0.29, 0.717) is 22.1 Å². The third-order valence-electron chi connectivity index (χ3n) is 19.2. The molecule has 7 unspecified atom stereocenters. The normalized spacial score (nSPS) is 21.4. The molecule has 4 aliphatic heterocycles. The second-order valence-corrected chi connectivity index (χ2v) is 36.1. The highest BCUT2D eigenvalue weighted by atomic mass is 31.1. The van der Waals surface area contributed by atoms with Gasteiger partial charge >= 0.3 is 53.5 Å². The van der Waals surface area contributed by atoms with Crippen LogP contribution in [-0.4, -0.2) is 139 Å². The van der Waals surface area contributed by atoms with Gasteiger partial charge in [-0.25, -0.2) is 19.2 Å². The van der Waals surface area contributed by atoms with Crippen LogP contribution in [0.1, 0.15) is 136 Å². The Kier molecular flexibility index (Phi) is 32.7. The molecule has 5 aromatic rings. The SMILES string of the molecule is C#CC#CC#CC#CC#CC#CC#CC#CC#CC#CC#COc1cc(C(=O)n2c(=O)ccn([C@@H]3O[C@H](CO[P+](=O)OC4C[C@H](n5cc(C)c(=O)[nH]c5=O)O[C@@H]4CO[P+](=O)OC4C[C@H](n5cc(C)c(=O)[nH]c5=O)O[C@@H]4CO[P+](=O)OC4C[C@H](n5cc(C)c(=O)[nH]c5=O)O[C@@H]4CC)C(OC(=O)CCC(C)=O)[C@@H]3O[Si](C)(C)C(C)(C)C)c2=O)cc(C)c1C. The summed E-state index contributed by atoms with van der Waals surface area (Å²) in [6.45, 7) is 17.9. The van der Waals surface area contributed by atoms with Crippen LogP contribution >= 0.6 is 24.8 Å². The van der Waals surface area contributed by atoms with Crippen molar-refractivity contribution < 1.29 is 88.1 Å². The van der Waals surface area contributed by atoms with E-state index in [-0.39, 0.29) is 59.5 Å². The van der Waals surface area contributed by atoms with Crippen LogP contribution in [0.3, 0.4) is 0 Å². The van der Waals surface area contributed by atoms with Gasteiger partial charge in [-0.15, -0.1) is 33.6 Å². The minimum Gasteiger partial charge on any atom is -0.457 e. The van der Waals surface area contributed by atoms with Crippen LogP contribution < -0.4 is 49.7 Å². The Morgan fingerprint density at radius 2 is 0.942 bits per heavy atom. The average molecular weight is 1730 g/mol. The van der Waals surface area contributed by atoms with Gasteiger partial charge in [-0.3, -0.25) is 62.0 Å². The van der Waals surface area contributed by atoms with Crippen molar-refractivity contribution in [1.82, 2.24) is 37.8 Å². The lowest BCUT2D eigenvalue weighted by Gasteiger charge is -2.40. The molecule has 0 spiro atoms. The Labute approximate surface area is 695 Å². The number of esters is 1. The zero-order valence-corrected chi connectivity index (χ0v) is 70.8. The predicted octanol–water partition coefficient (Wildman–Crippen LogP) is 4.91. The van der Waals surface area contributed by atoms with Crippen molar-refractivity contribution in [3.05, 3.63) is 160 Å². The molecule has 1 aromatic carbocycles. The van der Waals surface area contributed by atoms with Gasteiger partial charge in [0.2, 0.25) is 0 Å². The van der Waals surface area contributed by atoms with E-state index in [0.717, 1.165) is 26.0 Å². The molecule has 16 atom stereocenters. The van der Waals surface area contributed by atoms with Gasteiger partial charge in [-0.05, 0) is 137 Å². The standard InChI is InChI=1S/C82H75N8O27P3Si/c1-14-16-17-18-19-20-21-22-23-24-25-26-27-28-29-30-31-32-33-34-39-105-59-41-57(40-51(3)56(59)8)76(97)90-66(92)37-38-86(81(90)101)77-72(117-121(12,13)82(9,10)11)71(113-70(93)36-35-55(7)91)65(112-77)50-108-120(104)116-62-44-69(89-47-54(6)75(96)85-80(89)100)111-64(62)49-107-119(103)115-61-43-68(88-46-53(5)74(95)84-79(88)99)110-63(61)48-106-118(102)114-60-42-67(109-58(60)15-2)87-45-52(4)73(94)83-78(87)98/h1,37-38,40-41,45-47,58,60-65,67-69,71-72,77H,15,35-36,42-44,48-50H2,2-13H3/p+3/t58-,60?,61?,62?,63-,64-,65-,67-,68-,69-,71?,72+,77-/m1/s1. The van der Waals surface area contributed by atoms with Crippen molar-refractivity contribution in [1.29, 1.82) is 0 Å². The lowest BCUT2D eigenvalue weighted by Crippen LogP contribution is -2.51. The first kappa shape index (κ1) is 92.7. The van der Waals surface area contributed by atoms with Gasteiger partial charge < -0.3 is 37.6 Å². The quantitative estimate of drug-likeness (QED) is 0.0259. The first-order chi connectivity index (χ1) is 57.6. The molecule has 4 aromatic heterocycles. The number of terminal acetylenes is 1. The van der Waals surface area contributed by atoms with Crippen LogP contribution in [0.15, 0.2) is 81.3 Å². The Morgan fingerprint density at radius 3 is 1.36 bits per heavy atom. The molecule has 0 saturated carbocycles. The Hall–Kier alpha value is -12.2. The van der Waals surface area contributed by atoms with Gasteiger partial charge in [0.05, 0.1) is 12.5 Å². The summed E-state index contributed by atoms with van der Waals surface area (Å²) < 4.78 is 125. The molecule has 35 nitrogen and oxygen atoms in total. The molecule has 4 aliphatic rings. The summed E-state index contributed by atoms with van der Waals surface area (Å²) in [5.41, 5.74) is -5.69. The maximum atomic E-state index is 15.0. The minimum atomic E-state index is -3.40. The number of nitrogens with one attached hydrogen (secondary N) is 3. The molecule has 0 radical (unpaired) electrons. The van der Waals surface area contributed by atoms with Gasteiger partial charge in [0.15, 0.2) is 20.6 Å². The molecule has 121 heavy (non-hydrogen) atoms. The molecule has 0 amide bonds. The van der Waals surface area contributed by atoms with Crippen molar-refractivity contribution in [2.45, 2.75) is 206 Å². The summed E-state index contributed by atoms with van der Waals surface area (Å²) in [7, 11) is -12.8. The Balaban J connectivity index is 0.926. The third-order valence-corrected chi connectivity index (χ3v) is 26.1. The molecule has 3 N–H and O–H groups in total. The zero-order chi connectivity index (χ0) is 88.0. The number of H-pyrrole nitrogens is 3. The van der Waals surface area contributed by atoms with Crippen molar-refractivity contribution >= 4 is 50.7 Å². The summed E-state index contributed by atoms with van der Waals surface area (Å²) >= 11 is 0. The van der Waals surface area contributed by atoms with E-state index in [1.807, 2.05) is 33.9 Å². The number of nitrogens with zero attached hydrogens (tertiary/aromatic N) is 5. The maximum absolute atomic E-state index is 15.0. The molecule has 9 rings (SSSR count). The number of aryl methyl sites for hydroxylation is 4. The van der Waals surface area contributed by atoms with Gasteiger partial charge in [-0.2, -0.15) is 4.57 Å². The number of aromatic amines is 3. The first-order valence-electron chi connectivity index (χ1n) is 36.9. The van der Waals surface area contributed by atoms with Gasteiger partial charge in [0.25, 0.3) is 28.1 Å². The molecule has 8 heterocycles. The molecule has 0 bridgehead atoms. The number of carbonyl (C=O) groups is 3. The average Bonchev–Trinajstić information content (AvgIpc) is 1.65. The molecule has 4 fully saturated rings. The van der Waals surface area contributed by atoms with Crippen LogP contribution in [0.2, 0.25) is 18.1 Å². The molecule has 0 aliphatic carbocycles. The number of rotatable bonds is 28.